The van der Waals surface area contributed by atoms with Crippen LogP contribution in [0.3, 0.4) is 0 Å². The van der Waals surface area contributed by atoms with Gasteiger partial charge in [-0.15, -0.1) is 6.58 Å². The summed E-state index contributed by atoms with van der Waals surface area (Å²) in [7, 11) is 2.14. The number of nitrogens with zero attached hydrogens (tertiary/aromatic N) is 2. The maximum Gasteiger partial charge on any atom is 0.141 e. The molecule has 0 amide bonds. The summed E-state index contributed by atoms with van der Waals surface area (Å²) in [5.41, 5.74) is 1.07. The van der Waals surface area contributed by atoms with Crippen molar-refractivity contribution in [1.82, 2.24) is 9.80 Å². The number of likely N-dealkylation sites (tertiary alicyclic amines) is 1. The van der Waals surface area contributed by atoms with Gasteiger partial charge < -0.3 is 14.4 Å². The Labute approximate surface area is 179 Å². The number of likely N-dealkylation sites (N-methyl/N-ethyl adjacent to an activating group) is 1. The van der Waals surface area contributed by atoms with E-state index in [9.17, 15) is 4.79 Å². The summed E-state index contributed by atoms with van der Waals surface area (Å²) in [5, 5.41) is 0. The van der Waals surface area contributed by atoms with Crippen molar-refractivity contribution >= 4 is 22.2 Å². The van der Waals surface area contributed by atoms with E-state index in [-0.39, 0.29) is 6.04 Å². The largest absolute Gasteiger partial charge is 0.378 e. The molecule has 1 unspecified atom stereocenters. The molecule has 2 rings (SSSR count). The normalized spacial score (nSPS) is 17.0. The van der Waals surface area contributed by atoms with Gasteiger partial charge in [0.05, 0.1) is 12.1 Å². The molecule has 5 heteroatoms. The molecule has 1 aliphatic rings. The van der Waals surface area contributed by atoms with Gasteiger partial charge in [0.15, 0.2) is 0 Å². The predicted molar refractivity (Wildman–Crippen MR) is 120 cm³/mol. The molecule has 1 saturated heterocycles. The van der Waals surface area contributed by atoms with Gasteiger partial charge in [-0.3, -0.25) is 4.90 Å². The third-order valence-electron chi connectivity index (χ3n) is 5.44. The molecule has 1 atom stereocenters. The number of carbonyl (C=O) groups excluding carboxylic acids is 1. The van der Waals surface area contributed by atoms with Crippen molar-refractivity contribution in [1.29, 1.82) is 0 Å². The van der Waals surface area contributed by atoms with E-state index >= 15 is 0 Å². The average Bonchev–Trinajstić information content (AvgIpc) is 2.70. The molecule has 0 N–H and O–H groups in total. The number of rotatable bonds is 13. The molecule has 0 aromatic heterocycles. The highest BCUT2D eigenvalue weighted by Gasteiger charge is 2.26. The van der Waals surface area contributed by atoms with Crippen LogP contribution in [-0.2, 0) is 9.53 Å². The first kappa shape index (κ1) is 23.3. The Bertz CT molecular complexity index is 570. The Kier molecular flexibility index (Phi) is 11.0. The molecule has 1 fully saturated rings. The second-order valence-electron chi connectivity index (χ2n) is 7.70. The van der Waals surface area contributed by atoms with Gasteiger partial charge in [-0.25, -0.2) is 0 Å². The smallest absolute Gasteiger partial charge is 0.141 e. The van der Waals surface area contributed by atoms with Crippen LogP contribution in [0.25, 0.3) is 0 Å². The molecule has 1 aromatic carbocycles. The van der Waals surface area contributed by atoms with Crippen molar-refractivity contribution in [2.24, 2.45) is 0 Å². The number of halogens is 1. The van der Waals surface area contributed by atoms with Gasteiger partial charge in [-0.05, 0) is 57.0 Å². The van der Waals surface area contributed by atoms with Crippen LogP contribution in [0.4, 0.5) is 0 Å². The van der Waals surface area contributed by atoms with Gasteiger partial charge >= 0.3 is 0 Å². The van der Waals surface area contributed by atoms with Gasteiger partial charge in [0.2, 0.25) is 0 Å². The van der Waals surface area contributed by atoms with Crippen LogP contribution >= 0.6 is 15.9 Å². The fourth-order valence-corrected chi connectivity index (χ4v) is 4.02. The molecule has 28 heavy (non-hydrogen) atoms. The maximum absolute atomic E-state index is 11.7. The summed E-state index contributed by atoms with van der Waals surface area (Å²) in [6, 6.07) is 7.91. The minimum absolute atomic E-state index is 0.145. The molecule has 0 spiro atoms. The molecule has 0 radical (unpaired) electrons. The summed E-state index contributed by atoms with van der Waals surface area (Å²) in [4.78, 5) is 16.2. The SMILES string of the molecule is C=CCN(C)CCCCCCOC1CCN(C(C=O)c2ccc(Br)cc2)CC1. The lowest BCUT2D eigenvalue weighted by atomic mass is 10.0. The highest BCUT2D eigenvalue weighted by Crippen LogP contribution is 2.25. The van der Waals surface area contributed by atoms with Crippen LogP contribution < -0.4 is 0 Å². The lowest BCUT2D eigenvalue weighted by Gasteiger charge is -2.35. The summed E-state index contributed by atoms with van der Waals surface area (Å²) < 4.78 is 7.13. The van der Waals surface area contributed by atoms with Crippen LogP contribution in [0.5, 0.6) is 0 Å². The maximum atomic E-state index is 11.7. The first-order valence-electron chi connectivity index (χ1n) is 10.5. The zero-order valence-corrected chi connectivity index (χ0v) is 18.8. The van der Waals surface area contributed by atoms with Crippen molar-refractivity contribution in [3.63, 3.8) is 0 Å². The summed E-state index contributed by atoms with van der Waals surface area (Å²) in [6.45, 7) is 8.57. The van der Waals surface area contributed by atoms with Crippen LogP contribution in [0, 0.1) is 0 Å². The Balaban J connectivity index is 1.58. The Morgan fingerprint density at radius 2 is 1.89 bits per heavy atom. The Morgan fingerprint density at radius 1 is 1.21 bits per heavy atom. The second-order valence-corrected chi connectivity index (χ2v) is 8.62. The van der Waals surface area contributed by atoms with Crippen molar-refractivity contribution in [2.45, 2.75) is 50.7 Å². The number of carbonyl (C=O) groups is 1. The van der Waals surface area contributed by atoms with E-state index in [0.29, 0.717) is 6.10 Å². The molecular formula is C23H35BrN2O2. The van der Waals surface area contributed by atoms with Crippen molar-refractivity contribution in [3.8, 4) is 0 Å². The zero-order chi connectivity index (χ0) is 20.2. The molecule has 1 heterocycles. The van der Waals surface area contributed by atoms with Gasteiger partial charge in [-0.1, -0.05) is 47.0 Å². The molecular weight excluding hydrogens is 416 g/mol. The van der Waals surface area contributed by atoms with E-state index in [2.05, 4.69) is 39.4 Å². The van der Waals surface area contributed by atoms with Gasteiger partial charge in [-0.2, -0.15) is 0 Å². The molecule has 1 aromatic rings. The van der Waals surface area contributed by atoms with Crippen molar-refractivity contribution < 1.29 is 9.53 Å². The number of hydrogen-bond donors (Lipinski definition) is 0. The average molecular weight is 451 g/mol. The van der Waals surface area contributed by atoms with E-state index in [0.717, 1.165) is 68.4 Å². The minimum atomic E-state index is -0.145. The Morgan fingerprint density at radius 3 is 2.54 bits per heavy atom. The van der Waals surface area contributed by atoms with E-state index in [1.807, 2.05) is 30.3 Å². The molecule has 0 aliphatic carbocycles. The number of benzene rings is 1. The predicted octanol–water partition coefficient (Wildman–Crippen LogP) is 4.85. The van der Waals surface area contributed by atoms with E-state index in [4.69, 9.17) is 4.74 Å². The van der Waals surface area contributed by atoms with Crippen LogP contribution in [0.15, 0.2) is 41.4 Å². The summed E-state index contributed by atoms with van der Waals surface area (Å²) in [6.07, 6.45) is 10.3. The lowest BCUT2D eigenvalue weighted by molar-refractivity contribution is -0.113. The molecule has 0 bridgehead atoms. The quantitative estimate of drug-likeness (QED) is 0.244. The highest BCUT2D eigenvalue weighted by molar-refractivity contribution is 9.10. The van der Waals surface area contributed by atoms with Gasteiger partial charge in [0.1, 0.15) is 6.29 Å². The topological polar surface area (TPSA) is 32.8 Å². The Hall–Kier alpha value is -1.01. The zero-order valence-electron chi connectivity index (χ0n) is 17.2. The first-order chi connectivity index (χ1) is 13.6. The highest BCUT2D eigenvalue weighted by atomic mass is 79.9. The number of piperidine rings is 1. The van der Waals surface area contributed by atoms with Gasteiger partial charge in [0.25, 0.3) is 0 Å². The summed E-state index contributed by atoms with van der Waals surface area (Å²) in [5.74, 6) is 0. The number of aldehydes is 1. The fraction of sp³-hybridized carbons (Fsp3) is 0.609. The minimum Gasteiger partial charge on any atom is -0.378 e. The monoisotopic (exact) mass is 450 g/mol. The molecule has 4 nitrogen and oxygen atoms in total. The molecule has 0 saturated carbocycles. The molecule has 1 aliphatic heterocycles. The first-order valence-corrected chi connectivity index (χ1v) is 11.3. The van der Waals surface area contributed by atoms with E-state index in [1.165, 1.54) is 19.3 Å². The van der Waals surface area contributed by atoms with Crippen LogP contribution in [0.1, 0.15) is 50.1 Å². The fourth-order valence-electron chi connectivity index (χ4n) is 3.76. The standard InChI is InChI=1S/C23H35BrN2O2/c1-3-14-25(2)15-6-4-5-7-18-28-22-12-16-26(17-13-22)23(19-27)20-8-10-21(24)11-9-20/h3,8-11,19,22-23H,1,4-7,12-18H2,2H3. The number of unbranched alkanes of at least 4 members (excludes halogenated alkanes) is 3. The van der Waals surface area contributed by atoms with Gasteiger partial charge in [0, 0.05) is 30.7 Å². The van der Waals surface area contributed by atoms with Crippen molar-refractivity contribution in [3.05, 3.63) is 47.0 Å². The third kappa shape index (κ3) is 8.16. The third-order valence-corrected chi connectivity index (χ3v) is 5.97. The molecule has 156 valence electrons. The van der Waals surface area contributed by atoms with E-state index < -0.39 is 0 Å². The van der Waals surface area contributed by atoms with Crippen molar-refractivity contribution in [2.75, 3.05) is 39.8 Å². The summed E-state index contributed by atoms with van der Waals surface area (Å²) >= 11 is 3.45. The van der Waals surface area contributed by atoms with Crippen LogP contribution in [0.2, 0.25) is 0 Å². The van der Waals surface area contributed by atoms with E-state index in [1.54, 1.807) is 0 Å². The second kappa shape index (κ2) is 13.3. The number of ether oxygens (including phenoxy) is 1. The lowest BCUT2D eigenvalue weighted by Crippen LogP contribution is -2.40. The number of hydrogen-bond acceptors (Lipinski definition) is 4. The van der Waals surface area contributed by atoms with Crippen LogP contribution in [-0.4, -0.2) is 62.0 Å².